The molecule has 1 aliphatic rings. The number of hydrogen-bond acceptors (Lipinski definition) is 3. The minimum atomic E-state index is 0.325. The lowest BCUT2D eigenvalue weighted by Crippen LogP contribution is -2.27. The molecule has 1 saturated heterocycles. The van der Waals surface area contributed by atoms with Crippen LogP contribution in [0.2, 0.25) is 5.02 Å². The Morgan fingerprint density at radius 3 is 2.41 bits per heavy atom. The summed E-state index contributed by atoms with van der Waals surface area (Å²) in [6.45, 7) is 2.05. The second-order valence-electron chi connectivity index (χ2n) is 4.37. The third-order valence-electron chi connectivity index (χ3n) is 3.12. The minimum absolute atomic E-state index is 0.325. The van der Waals surface area contributed by atoms with Gasteiger partial charge >= 0.3 is 0 Å². The van der Waals surface area contributed by atoms with Gasteiger partial charge in [-0.05, 0) is 25.0 Å². The van der Waals surface area contributed by atoms with Crippen LogP contribution in [0.5, 0.6) is 0 Å². The van der Waals surface area contributed by atoms with Gasteiger partial charge in [0, 0.05) is 13.1 Å². The summed E-state index contributed by atoms with van der Waals surface area (Å²) in [5.41, 5.74) is 0.325. The molecule has 0 atom stereocenters. The molecule has 0 amide bonds. The van der Waals surface area contributed by atoms with Crippen LogP contribution in [-0.2, 0) is 0 Å². The van der Waals surface area contributed by atoms with E-state index < -0.39 is 0 Å². The molecule has 0 spiro atoms. The van der Waals surface area contributed by atoms with Gasteiger partial charge in [0.2, 0.25) is 0 Å². The van der Waals surface area contributed by atoms with Crippen molar-refractivity contribution in [2.75, 3.05) is 18.0 Å². The van der Waals surface area contributed by atoms with Crippen LogP contribution in [0, 0.1) is 11.3 Å². The number of halogens is 1. The Balaban J connectivity index is 2.17. The summed E-state index contributed by atoms with van der Waals surface area (Å²) in [5, 5.41) is 9.36. The van der Waals surface area contributed by atoms with Gasteiger partial charge in [0.05, 0.1) is 5.02 Å². The summed E-state index contributed by atoms with van der Waals surface area (Å²) in [5.74, 6) is 0.882. The van der Waals surface area contributed by atoms with E-state index in [1.807, 2.05) is 12.1 Å². The van der Waals surface area contributed by atoms with Gasteiger partial charge in [-0.1, -0.05) is 30.9 Å². The van der Waals surface area contributed by atoms with Crippen molar-refractivity contribution >= 4 is 17.4 Å². The van der Waals surface area contributed by atoms with E-state index >= 15 is 0 Å². The fourth-order valence-electron chi connectivity index (χ4n) is 2.16. The lowest BCUT2D eigenvalue weighted by Gasteiger charge is -2.25. The van der Waals surface area contributed by atoms with Crippen LogP contribution >= 0.6 is 11.6 Å². The molecule has 0 N–H and O–H groups in total. The zero-order chi connectivity index (χ0) is 12.1. The summed E-state index contributed by atoms with van der Waals surface area (Å²) in [7, 11) is 0. The number of rotatable bonds is 1. The van der Waals surface area contributed by atoms with Crippen LogP contribution in [0.25, 0.3) is 0 Å². The average molecular weight is 250 g/mol. The molecule has 1 aromatic rings. The number of nitriles is 1. The van der Waals surface area contributed by atoms with E-state index in [1.54, 1.807) is 6.07 Å². The quantitative estimate of drug-likeness (QED) is 0.766. The standard InChI is InChI=1S/C13H16ClN3/c14-11-6-7-13(16-12(11)10-15)17-8-4-2-1-3-5-9-17/h6-7H,1-5,8-9H2. The summed E-state index contributed by atoms with van der Waals surface area (Å²) in [4.78, 5) is 6.58. The van der Waals surface area contributed by atoms with Crippen molar-refractivity contribution in [2.24, 2.45) is 0 Å². The average Bonchev–Trinajstić information content (AvgIpc) is 2.30. The topological polar surface area (TPSA) is 39.9 Å². The molecular weight excluding hydrogens is 234 g/mol. The summed E-state index contributed by atoms with van der Waals surface area (Å²) in [6, 6.07) is 5.71. The van der Waals surface area contributed by atoms with E-state index in [4.69, 9.17) is 16.9 Å². The van der Waals surface area contributed by atoms with E-state index in [9.17, 15) is 0 Å². The Bertz CT molecular complexity index is 417. The van der Waals surface area contributed by atoms with Gasteiger partial charge in [0.15, 0.2) is 5.69 Å². The predicted molar refractivity (Wildman–Crippen MR) is 69.3 cm³/mol. The van der Waals surface area contributed by atoms with Crippen molar-refractivity contribution in [3.8, 4) is 6.07 Å². The second-order valence-corrected chi connectivity index (χ2v) is 4.77. The van der Waals surface area contributed by atoms with Crippen LogP contribution in [0.15, 0.2) is 12.1 Å². The highest BCUT2D eigenvalue weighted by molar-refractivity contribution is 6.31. The molecule has 0 saturated carbocycles. The molecule has 0 radical (unpaired) electrons. The highest BCUT2D eigenvalue weighted by atomic mass is 35.5. The minimum Gasteiger partial charge on any atom is -0.357 e. The normalized spacial score (nSPS) is 17.1. The first kappa shape index (κ1) is 12.2. The van der Waals surface area contributed by atoms with E-state index in [0.29, 0.717) is 10.7 Å². The highest BCUT2D eigenvalue weighted by Crippen LogP contribution is 2.21. The van der Waals surface area contributed by atoms with Crippen LogP contribution in [-0.4, -0.2) is 18.1 Å². The fourth-order valence-corrected chi connectivity index (χ4v) is 2.31. The maximum Gasteiger partial charge on any atom is 0.161 e. The van der Waals surface area contributed by atoms with Crippen LogP contribution in [0.1, 0.15) is 37.8 Å². The molecule has 1 aliphatic heterocycles. The van der Waals surface area contributed by atoms with Crippen LogP contribution in [0.4, 0.5) is 5.82 Å². The molecule has 0 bridgehead atoms. The molecule has 0 aliphatic carbocycles. The van der Waals surface area contributed by atoms with Crippen molar-refractivity contribution < 1.29 is 0 Å². The van der Waals surface area contributed by atoms with Gasteiger partial charge in [-0.15, -0.1) is 0 Å². The van der Waals surface area contributed by atoms with E-state index in [0.717, 1.165) is 18.9 Å². The number of hydrogen-bond donors (Lipinski definition) is 0. The maximum atomic E-state index is 8.93. The predicted octanol–water partition coefficient (Wildman–Crippen LogP) is 3.38. The Hall–Kier alpha value is -1.27. The van der Waals surface area contributed by atoms with Crippen LogP contribution < -0.4 is 4.90 Å². The second kappa shape index (κ2) is 5.88. The number of anilines is 1. The third-order valence-corrected chi connectivity index (χ3v) is 3.42. The molecule has 1 fully saturated rings. The van der Waals surface area contributed by atoms with Crippen molar-refractivity contribution in [1.29, 1.82) is 5.26 Å². The lowest BCUT2D eigenvalue weighted by molar-refractivity contribution is 0.554. The highest BCUT2D eigenvalue weighted by Gasteiger charge is 2.12. The Kier molecular flexibility index (Phi) is 4.22. The number of aromatic nitrogens is 1. The zero-order valence-corrected chi connectivity index (χ0v) is 10.6. The number of nitrogens with zero attached hydrogens (tertiary/aromatic N) is 3. The van der Waals surface area contributed by atoms with Gasteiger partial charge in [0.25, 0.3) is 0 Å². The monoisotopic (exact) mass is 249 g/mol. The smallest absolute Gasteiger partial charge is 0.161 e. The molecular formula is C13H16ClN3. The van der Waals surface area contributed by atoms with Crippen molar-refractivity contribution in [1.82, 2.24) is 4.98 Å². The molecule has 2 rings (SSSR count). The van der Waals surface area contributed by atoms with Gasteiger partial charge in [0.1, 0.15) is 11.9 Å². The van der Waals surface area contributed by atoms with E-state index in [1.165, 1.54) is 32.1 Å². The SMILES string of the molecule is N#Cc1nc(N2CCCCCCC2)ccc1Cl. The van der Waals surface area contributed by atoms with Crippen molar-refractivity contribution in [2.45, 2.75) is 32.1 Å². The molecule has 17 heavy (non-hydrogen) atoms. The van der Waals surface area contributed by atoms with Gasteiger partial charge in [-0.25, -0.2) is 4.98 Å². The van der Waals surface area contributed by atoms with Gasteiger partial charge in [-0.3, -0.25) is 0 Å². The molecule has 0 unspecified atom stereocenters. The largest absolute Gasteiger partial charge is 0.357 e. The Morgan fingerprint density at radius 2 is 1.76 bits per heavy atom. The molecule has 2 heterocycles. The summed E-state index contributed by atoms with van der Waals surface area (Å²) < 4.78 is 0. The maximum absolute atomic E-state index is 8.93. The third kappa shape index (κ3) is 3.10. The van der Waals surface area contributed by atoms with Gasteiger partial charge in [-0.2, -0.15) is 5.26 Å². The van der Waals surface area contributed by atoms with E-state index in [2.05, 4.69) is 9.88 Å². The van der Waals surface area contributed by atoms with Crippen molar-refractivity contribution in [3.05, 3.63) is 22.8 Å². The molecule has 3 nitrogen and oxygen atoms in total. The molecule has 1 aromatic heterocycles. The fraction of sp³-hybridized carbons (Fsp3) is 0.538. The number of pyridine rings is 1. The van der Waals surface area contributed by atoms with Crippen LogP contribution in [0.3, 0.4) is 0 Å². The Morgan fingerprint density at radius 1 is 1.12 bits per heavy atom. The Labute approximate surface area is 107 Å². The summed E-state index contributed by atoms with van der Waals surface area (Å²) >= 11 is 5.89. The zero-order valence-electron chi connectivity index (χ0n) is 9.82. The van der Waals surface area contributed by atoms with E-state index in [-0.39, 0.29) is 0 Å². The molecule has 4 heteroatoms. The van der Waals surface area contributed by atoms with Gasteiger partial charge < -0.3 is 4.90 Å². The first-order valence-corrected chi connectivity index (χ1v) is 6.50. The first-order chi connectivity index (χ1) is 8.31. The molecule has 90 valence electrons. The van der Waals surface area contributed by atoms with Crippen molar-refractivity contribution in [3.63, 3.8) is 0 Å². The molecule has 0 aromatic carbocycles. The summed E-state index contributed by atoms with van der Waals surface area (Å²) in [6.07, 6.45) is 6.31. The lowest BCUT2D eigenvalue weighted by atomic mass is 10.1. The first-order valence-electron chi connectivity index (χ1n) is 6.13.